The molecule has 15 heavy (non-hydrogen) atoms. The van der Waals surface area contributed by atoms with Gasteiger partial charge in [-0.2, -0.15) is 0 Å². The molecule has 0 fully saturated rings. The number of benzene rings is 1. The third-order valence-electron chi connectivity index (χ3n) is 2.25. The number of aromatic nitrogens is 1. The van der Waals surface area contributed by atoms with E-state index in [0.717, 1.165) is 11.1 Å². The molecule has 0 atom stereocenters. The molecule has 0 spiro atoms. The number of aromatic hydroxyl groups is 1. The van der Waals surface area contributed by atoms with Crippen LogP contribution in [0.4, 0.5) is 0 Å². The number of hydrogen-bond acceptors (Lipinski definition) is 3. The minimum Gasteiger partial charge on any atom is -0.506 e. The van der Waals surface area contributed by atoms with E-state index >= 15 is 0 Å². The van der Waals surface area contributed by atoms with Crippen LogP contribution in [0.25, 0.3) is 10.9 Å². The van der Waals surface area contributed by atoms with Gasteiger partial charge in [-0.15, -0.1) is 0 Å². The number of hydrogen-bond donors (Lipinski definition) is 2. The van der Waals surface area contributed by atoms with Crippen LogP contribution in [0, 0.1) is 0 Å². The Morgan fingerprint density at radius 1 is 1.53 bits per heavy atom. The van der Waals surface area contributed by atoms with Crippen molar-refractivity contribution in [1.82, 2.24) is 4.98 Å². The molecule has 0 aliphatic carbocycles. The number of fused-ring (bicyclic) bond motifs is 1. The van der Waals surface area contributed by atoms with E-state index in [0.29, 0.717) is 5.52 Å². The van der Waals surface area contributed by atoms with Crippen molar-refractivity contribution >= 4 is 16.9 Å². The number of carbonyl (C=O) groups is 1. The highest BCUT2D eigenvalue weighted by Gasteiger charge is 2.08. The Balaban J connectivity index is 2.39. The zero-order valence-corrected chi connectivity index (χ0v) is 8.28. The van der Waals surface area contributed by atoms with Crippen molar-refractivity contribution in [1.29, 1.82) is 0 Å². The molecule has 4 heteroatoms. The lowest BCUT2D eigenvalue weighted by molar-refractivity contribution is -0.139. The van der Waals surface area contributed by atoms with Gasteiger partial charge in [0.25, 0.3) is 0 Å². The molecule has 1 aromatic heterocycles. The van der Waals surface area contributed by atoms with Gasteiger partial charge in [0.1, 0.15) is 5.75 Å². The molecular formula is C11H11NO3. The normalized spacial score (nSPS) is 10.5. The highest BCUT2D eigenvalue weighted by Crippen LogP contribution is 2.24. The summed E-state index contributed by atoms with van der Waals surface area (Å²) in [4.78, 5) is 14.0. The molecule has 0 aliphatic heterocycles. The van der Waals surface area contributed by atoms with Gasteiger partial charge in [-0.25, -0.2) is 0 Å². The van der Waals surface area contributed by atoms with E-state index < -0.39 is 0 Å². The SMILES string of the molecule is COC(=O)Cc1cc2cccc(O)c2[nH]1. The van der Waals surface area contributed by atoms with E-state index in [1.54, 1.807) is 12.1 Å². The van der Waals surface area contributed by atoms with Crippen molar-refractivity contribution in [3.05, 3.63) is 30.0 Å². The average molecular weight is 205 g/mol. The molecule has 0 amide bonds. The van der Waals surface area contributed by atoms with Gasteiger partial charge in [-0.3, -0.25) is 4.79 Å². The topological polar surface area (TPSA) is 62.3 Å². The second-order valence-corrected chi connectivity index (χ2v) is 3.29. The van der Waals surface area contributed by atoms with Gasteiger partial charge in [0.2, 0.25) is 0 Å². The Morgan fingerprint density at radius 2 is 2.33 bits per heavy atom. The summed E-state index contributed by atoms with van der Waals surface area (Å²) in [5.41, 5.74) is 1.38. The lowest BCUT2D eigenvalue weighted by Gasteiger charge is -1.95. The van der Waals surface area contributed by atoms with Gasteiger partial charge in [0.15, 0.2) is 0 Å². The lowest BCUT2D eigenvalue weighted by Crippen LogP contribution is -2.04. The molecular weight excluding hydrogens is 194 g/mol. The van der Waals surface area contributed by atoms with Crippen molar-refractivity contribution in [2.24, 2.45) is 0 Å². The van der Waals surface area contributed by atoms with Crippen LogP contribution >= 0.6 is 0 Å². The summed E-state index contributed by atoms with van der Waals surface area (Å²) in [6.45, 7) is 0. The summed E-state index contributed by atoms with van der Waals surface area (Å²) in [5, 5.41) is 10.4. The number of H-pyrrole nitrogens is 1. The molecule has 0 saturated heterocycles. The zero-order valence-electron chi connectivity index (χ0n) is 8.28. The van der Waals surface area contributed by atoms with Crippen LogP contribution in [-0.4, -0.2) is 23.2 Å². The fourth-order valence-corrected chi connectivity index (χ4v) is 1.52. The first-order valence-corrected chi connectivity index (χ1v) is 4.57. The molecule has 2 aromatic rings. The van der Waals surface area contributed by atoms with Gasteiger partial charge in [-0.05, 0) is 12.1 Å². The van der Waals surface area contributed by atoms with Crippen molar-refractivity contribution in [3.8, 4) is 5.75 Å². The number of para-hydroxylation sites is 1. The Labute approximate surface area is 86.5 Å². The third kappa shape index (κ3) is 1.79. The number of carbonyl (C=O) groups excluding carboxylic acids is 1. The Kier molecular flexibility index (Phi) is 2.33. The Bertz CT molecular complexity index is 502. The average Bonchev–Trinajstić information content (AvgIpc) is 2.62. The second kappa shape index (κ2) is 3.65. The molecule has 1 heterocycles. The van der Waals surface area contributed by atoms with Crippen LogP contribution < -0.4 is 0 Å². The van der Waals surface area contributed by atoms with Crippen molar-refractivity contribution in [3.63, 3.8) is 0 Å². The van der Waals surface area contributed by atoms with Crippen LogP contribution in [0.2, 0.25) is 0 Å². The number of aromatic amines is 1. The molecule has 2 rings (SSSR count). The van der Waals surface area contributed by atoms with Crippen LogP contribution in [0.5, 0.6) is 5.75 Å². The van der Waals surface area contributed by atoms with E-state index in [9.17, 15) is 9.90 Å². The molecule has 4 nitrogen and oxygen atoms in total. The monoisotopic (exact) mass is 205 g/mol. The first-order valence-electron chi connectivity index (χ1n) is 4.57. The zero-order chi connectivity index (χ0) is 10.8. The van der Waals surface area contributed by atoms with Gasteiger partial charge < -0.3 is 14.8 Å². The van der Waals surface area contributed by atoms with E-state index in [4.69, 9.17) is 0 Å². The number of ether oxygens (including phenoxy) is 1. The maximum Gasteiger partial charge on any atom is 0.311 e. The van der Waals surface area contributed by atoms with E-state index in [1.165, 1.54) is 7.11 Å². The van der Waals surface area contributed by atoms with Crippen molar-refractivity contribution in [2.75, 3.05) is 7.11 Å². The molecule has 0 radical (unpaired) electrons. The summed E-state index contributed by atoms with van der Waals surface area (Å²) >= 11 is 0. The van der Waals surface area contributed by atoms with Crippen molar-refractivity contribution < 1.29 is 14.6 Å². The standard InChI is InChI=1S/C11H11NO3/c1-15-10(14)6-8-5-7-3-2-4-9(13)11(7)12-8/h2-5,12-13H,6H2,1H3. The maximum absolute atomic E-state index is 11.0. The maximum atomic E-state index is 11.0. The number of nitrogens with one attached hydrogen (secondary N) is 1. The minimum atomic E-state index is -0.305. The Morgan fingerprint density at radius 3 is 3.00 bits per heavy atom. The van der Waals surface area contributed by atoms with Gasteiger partial charge in [0.05, 0.1) is 19.0 Å². The number of rotatable bonds is 2. The van der Waals surface area contributed by atoms with Gasteiger partial charge >= 0.3 is 5.97 Å². The fraction of sp³-hybridized carbons (Fsp3) is 0.182. The lowest BCUT2D eigenvalue weighted by atomic mass is 10.2. The van der Waals surface area contributed by atoms with Gasteiger partial charge in [0, 0.05) is 11.1 Å². The quantitative estimate of drug-likeness (QED) is 0.732. The molecule has 1 aromatic carbocycles. The molecule has 78 valence electrons. The summed E-state index contributed by atoms with van der Waals surface area (Å²) in [7, 11) is 1.35. The number of phenols is 1. The fourth-order valence-electron chi connectivity index (χ4n) is 1.52. The Hall–Kier alpha value is -1.97. The molecule has 0 saturated carbocycles. The summed E-state index contributed by atoms with van der Waals surface area (Å²) in [6, 6.07) is 7.05. The molecule has 0 bridgehead atoms. The first-order chi connectivity index (χ1) is 7.20. The molecule has 0 aliphatic rings. The summed E-state index contributed by atoms with van der Waals surface area (Å²) in [6.07, 6.45) is 0.185. The van der Waals surface area contributed by atoms with Crippen molar-refractivity contribution in [2.45, 2.75) is 6.42 Å². The highest BCUT2D eigenvalue weighted by molar-refractivity contribution is 5.87. The van der Waals surface area contributed by atoms with Crippen LogP contribution in [0.3, 0.4) is 0 Å². The summed E-state index contributed by atoms with van der Waals surface area (Å²) in [5.74, 6) is -0.121. The van der Waals surface area contributed by atoms with Gasteiger partial charge in [-0.1, -0.05) is 12.1 Å². The number of methoxy groups -OCH3 is 1. The molecule has 0 unspecified atom stereocenters. The van der Waals surface area contributed by atoms with Crippen LogP contribution in [-0.2, 0) is 16.0 Å². The largest absolute Gasteiger partial charge is 0.506 e. The molecule has 2 N–H and O–H groups in total. The van der Waals surface area contributed by atoms with Crippen LogP contribution in [0.15, 0.2) is 24.3 Å². The van der Waals surface area contributed by atoms with E-state index in [2.05, 4.69) is 9.72 Å². The number of phenolic OH excluding ortho intramolecular Hbond substituents is 1. The van der Waals surface area contributed by atoms with E-state index in [-0.39, 0.29) is 18.1 Å². The third-order valence-corrected chi connectivity index (χ3v) is 2.25. The van der Waals surface area contributed by atoms with Crippen LogP contribution in [0.1, 0.15) is 5.69 Å². The smallest absolute Gasteiger partial charge is 0.311 e. The minimum absolute atomic E-state index is 0.184. The number of esters is 1. The predicted molar refractivity (Wildman–Crippen MR) is 55.7 cm³/mol. The second-order valence-electron chi connectivity index (χ2n) is 3.29. The summed E-state index contributed by atoms with van der Waals surface area (Å²) < 4.78 is 4.56. The first kappa shape index (κ1) is 9.58. The predicted octanol–water partition coefficient (Wildman–Crippen LogP) is 1.59. The van der Waals surface area contributed by atoms with E-state index in [1.807, 2.05) is 12.1 Å². The highest BCUT2D eigenvalue weighted by atomic mass is 16.5.